The molecule has 0 unspecified atom stereocenters. The van der Waals surface area contributed by atoms with Crippen LogP contribution >= 0.6 is 0 Å². The lowest BCUT2D eigenvalue weighted by molar-refractivity contribution is -0.125. The second kappa shape index (κ2) is 5.07. The number of aldehydes is 1. The first kappa shape index (κ1) is 11.3. The summed E-state index contributed by atoms with van der Waals surface area (Å²) in [4.78, 5) is 21.1. The number of carbonyl (C=O) groups excluding carboxylic acids is 2. The minimum absolute atomic E-state index is 0.205. The predicted octanol–water partition coefficient (Wildman–Crippen LogP) is 2.36. The van der Waals surface area contributed by atoms with Crippen LogP contribution in [-0.4, -0.2) is 12.1 Å². The highest BCUT2D eigenvalue weighted by Crippen LogP contribution is 2.24. The number of rotatable bonds is 6. The monoisotopic (exact) mass is 170 g/mol. The lowest BCUT2D eigenvalue weighted by Gasteiger charge is -2.20. The van der Waals surface area contributed by atoms with Crippen LogP contribution in [0.25, 0.3) is 0 Å². The third-order valence-electron chi connectivity index (χ3n) is 2.33. The van der Waals surface area contributed by atoms with Crippen molar-refractivity contribution in [1.82, 2.24) is 0 Å². The van der Waals surface area contributed by atoms with Gasteiger partial charge in [0.05, 0.1) is 0 Å². The number of hydrogen-bond donors (Lipinski definition) is 0. The molecule has 2 nitrogen and oxygen atoms in total. The van der Waals surface area contributed by atoms with Crippen molar-refractivity contribution in [2.45, 2.75) is 46.5 Å². The number of hydrogen-bond acceptors (Lipinski definition) is 2. The van der Waals surface area contributed by atoms with Gasteiger partial charge in [-0.1, -0.05) is 20.3 Å². The Labute approximate surface area is 74.3 Å². The van der Waals surface area contributed by atoms with Gasteiger partial charge in [-0.15, -0.1) is 0 Å². The maximum absolute atomic E-state index is 11.1. The van der Waals surface area contributed by atoms with Crippen LogP contribution < -0.4 is 0 Å². The fourth-order valence-electron chi connectivity index (χ4n) is 0.971. The number of ketones is 1. The quantitative estimate of drug-likeness (QED) is 0.453. The van der Waals surface area contributed by atoms with Crippen molar-refractivity contribution < 1.29 is 9.59 Å². The highest BCUT2D eigenvalue weighted by molar-refractivity contribution is 5.81. The van der Waals surface area contributed by atoms with Crippen molar-refractivity contribution in [3.8, 4) is 0 Å². The summed E-state index contributed by atoms with van der Waals surface area (Å²) >= 11 is 0. The Bertz CT molecular complexity index is 159. The van der Waals surface area contributed by atoms with Gasteiger partial charge in [-0.2, -0.15) is 0 Å². The molecular formula is C10H18O2. The molecule has 0 aromatic carbocycles. The molecule has 0 N–H and O–H groups in total. The normalized spacial score (nSPS) is 11.2. The molecule has 0 bridgehead atoms. The van der Waals surface area contributed by atoms with Crippen LogP contribution in [0.5, 0.6) is 0 Å². The minimum atomic E-state index is -0.205. The summed E-state index contributed by atoms with van der Waals surface area (Å²) < 4.78 is 0. The Kier molecular flexibility index (Phi) is 4.79. The topological polar surface area (TPSA) is 34.1 Å². The molecule has 0 aromatic heterocycles. The van der Waals surface area contributed by atoms with Crippen LogP contribution in [0.1, 0.15) is 46.5 Å². The summed E-state index contributed by atoms with van der Waals surface area (Å²) in [6, 6.07) is 0. The summed E-state index contributed by atoms with van der Waals surface area (Å²) in [5, 5.41) is 0. The molecule has 0 aliphatic rings. The standard InChI is InChI=1S/C10H18O2/c1-9(12)10(2,3)7-5-4-6-8-11/h8H,4-7H2,1-3H3. The van der Waals surface area contributed by atoms with Crippen molar-refractivity contribution in [3.63, 3.8) is 0 Å². The minimum Gasteiger partial charge on any atom is -0.303 e. The summed E-state index contributed by atoms with van der Waals surface area (Å²) in [5.74, 6) is 0.230. The van der Waals surface area contributed by atoms with Crippen LogP contribution in [0.15, 0.2) is 0 Å². The summed E-state index contributed by atoms with van der Waals surface area (Å²) in [5.41, 5.74) is -0.205. The van der Waals surface area contributed by atoms with E-state index < -0.39 is 0 Å². The molecule has 0 amide bonds. The highest BCUT2D eigenvalue weighted by atomic mass is 16.1. The van der Waals surface area contributed by atoms with Gasteiger partial charge in [-0.3, -0.25) is 4.79 Å². The van der Waals surface area contributed by atoms with Crippen molar-refractivity contribution in [1.29, 1.82) is 0 Å². The van der Waals surface area contributed by atoms with Crippen LogP contribution in [0.2, 0.25) is 0 Å². The van der Waals surface area contributed by atoms with Crippen molar-refractivity contribution >= 4 is 12.1 Å². The largest absolute Gasteiger partial charge is 0.303 e. The second-order valence-electron chi connectivity index (χ2n) is 3.85. The van der Waals surface area contributed by atoms with Gasteiger partial charge in [-0.05, 0) is 19.8 Å². The molecule has 0 aromatic rings. The maximum Gasteiger partial charge on any atom is 0.135 e. The van der Waals surface area contributed by atoms with E-state index in [1.807, 2.05) is 13.8 Å². The van der Waals surface area contributed by atoms with Gasteiger partial charge >= 0.3 is 0 Å². The maximum atomic E-state index is 11.1. The molecular weight excluding hydrogens is 152 g/mol. The van der Waals surface area contributed by atoms with Crippen LogP contribution in [0.3, 0.4) is 0 Å². The molecule has 0 rings (SSSR count). The molecule has 0 aliphatic heterocycles. The average molecular weight is 170 g/mol. The number of Topliss-reactive ketones (excluding diaryl/α,β-unsaturated/α-hetero) is 1. The fraction of sp³-hybridized carbons (Fsp3) is 0.800. The average Bonchev–Trinajstić information content (AvgIpc) is 1.98. The molecule has 0 saturated carbocycles. The molecule has 0 radical (unpaired) electrons. The van der Waals surface area contributed by atoms with Gasteiger partial charge in [0.2, 0.25) is 0 Å². The predicted molar refractivity (Wildman–Crippen MR) is 49.0 cm³/mol. The van der Waals surface area contributed by atoms with E-state index in [1.165, 1.54) is 0 Å². The van der Waals surface area contributed by atoms with Crippen molar-refractivity contribution in [3.05, 3.63) is 0 Å². The number of unbranched alkanes of at least 4 members (excludes halogenated alkanes) is 2. The Morgan fingerprint density at radius 1 is 1.33 bits per heavy atom. The van der Waals surface area contributed by atoms with Gasteiger partial charge < -0.3 is 4.79 Å². The van der Waals surface area contributed by atoms with E-state index in [2.05, 4.69) is 0 Å². The highest BCUT2D eigenvalue weighted by Gasteiger charge is 2.22. The molecule has 2 heteroatoms. The van der Waals surface area contributed by atoms with E-state index in [0.717, 1.165) is 25.5 Å². The molecule has 0 spiro atoms. The first-order valence-electron chi connectivity index (χ1n) is 4.45. The smallest absolute Gasteiger partial charge is 0.135 e. The van der Waals surface area contributed by atoms with Crippen molar-refractivity contribution in [2.75, 3.05) is 0 Å². The Morgan fingerprint density at radius 3 is 2.33 bits per heavy atom. The molecule has 12 heavy (non-hydrogen) atoms. The molecule has 0 fully saturated rings. The molecule has 0 heterocycles. The van der Waals surface area contributed by atoms with Crippen LogP contribution in [-0.2, 0) is 9.59 Å². The van der Waals surface area contributed by atoms with Gasteiger partial charge in [-0.25, -0.2) is 0 Å². The van der Waals surface area contributed by atoms with E-state index in [-0.39, 0.29) is 11.2 Å². The Hall–Kier alpha value is -0.660. The van der Waals surface area contributed by atoms with Crippen LogP contribution in [0.4, 0.5) is 0 Å². The summed E-state index contributed by atoms with van der Waals surface area (Å²) in [6.07, 6.45) is 4.30. The fourth-order valence-corrected chi connectivity index (χ4v) is 0.971. The zero-order valence-corrected chi connectivity index (χ0v) is 8.22. The van der Waals surface area contributed by atoms with Gasteiger partial charge in [0.15, 0.2) is 0 Å². The van der Waals surface area contributed by atoms with E-state index in [1.54, 1.807) is 6.92 Å². The third kappa shape index (κ3) is 4.27. The van der Waals surface area contributed by atoms with Gasteiger partial charge in [0, 0.05) is 11.8 Å². The first-order valence-corrected chi connectivity index (χ1v) is 4.45. The van der Waals surface area contributed by atoms with E-state index >= 15 is 0 Å². The second-order valence-corrected chi connectivity index (χ2v) is 3.85. The third-order valence-corrected chi connectivity index (χ3v) is 2.33. The van der Waals surface area contributed by atoms with E-state index in [4.69, 9.17) is 0 Å². The number of carbonyl (C=O) groups is 2. The summed E-state index contributed by atoms with van der Waals surface area (Å²) in [7, 11) is 0. The van der Waals surface area contributed by atoms with Crippen LogP contribution in [0, 0.1) is 5.41 Å². The zero-order valence-electron chi connectivity index (χ0n) is 8.22. The molecule has 0 atom stereocenters. The van der Waals surface area contributed by atoms with Crippen molar-refractivity contribution in [2.24, 2.45) is 5.41 Å². The molecule has 0 saturated heterocycles. The Morgan fingerprint density at radius 2 is 1.92 bits per heavy atom. The molecule has 0 aliphatic carbocycles. The Balaban J connectivity index is 3.61. The molecule has 70 valence electrons. The van der Waals surface area contributed by atoms with E-state index in [9.17, 15) is 9.59 Å². The first-order chi connectivity index (χ1) is 5.50. The van der Waals surface area contributed by atoms with E-state index in [0.29, 0.717) is 6.42 Å². The lowest BCUT2D eigenvalue weighted by atomic mass is 9.83. The summed E-state index contributed by atoms with van der Waals surface area (Å²) in [6.45, 7) is 5.53. The van der Waals surface area contributed by atoms with Gasteiger partial charge in [0.1, 0.15) is 12.1 Å². The lowest BCUT2D eigenvalue weighted by Crippen LogP contribution is -2.20. The zero-order chi connectivity index (χ0) is 9.61. The van der Waals surface area contributed by atoms with Gasteiger partial charge in [0.25, 0.3) is 0 Å². The SMILES string of the molecule is CC(=O)C(C)(C)CCCCC=O.